The number of pyridine rings is 1. The van der Waals surface area contributed by atoms with Crippen LogP contribution in [-0.4, -0.2) is 48.1 Å². The molecule has 1 saturated heterocycles. The van der Waals surface area contributed by atoms with E-state index in [4.69, 9.17) is 11.6 Å². The molecule has 0 spiro atoms. The summed E-state index contributed by atoms with van der Waals surface area (Å²) in [7, 11) is 0. The highest BCUT2D eigenvalue weighted by Crippen LogP contribution is 2.25. The van der Waals surface area contributed by atoms with E-state index in [0.29, 0.717) is 35.2 Å². The van der Waals surface area contributed by atoms with E-state index >= 15 is 0 Å². The summed E-state index contributed by atoms with van der Waals surface area (Å²) in [6.45, 7) is 2.81. The Morgan fingerprint density at radius 2 is 1.55 bits per heavy atom. The molecule has 4 rings (SSSR count). The number of carbonyl (C=O) groups is 2. The molecule has 7 nitrogen and oxygen atoms in total. The van der Waals surface area contributed by atoms with Gasteiger partial charge in [-0.2, -0.15) is 0 Å². The predicted octanol–water partition coefficient (Wildman–Crippen LogP) is 4.01. The van der Waals surface area contributed by atoms with E-state index in [9.17, 15) is 14.7 Å². The van der Waals surface area contributed by atoms with Gasteiger partial charge in [0.15, 0.2) is 0 Å². The van der Waals surface area contributed by atoms with Gasteiger partial charge in [0, 0.05) is 31.9 Å². The number of piperazine rings is 1. The minimum Gasteiger partial charge on any atom is -0.478 e. The zero-order chi connectivity index (χ0) is 21.8. The Morgan fingerprint density at radius 1 is 0.903 bits per heavy atom. The second kappa shape index (κ2) is 9.06. The standard InChI is InChI=1S/C23H21ClN4O3/c24-20-9-5-4-8-18(20)22(29)26-16-14-19(23(30)31)21(25-15-16)28-12-10-27(11-13-28)17-6-2-1-3-7-17/h1-9,14-15H,10-13H2,(H,26,29)(H,30,31). The quantitative estimate of drug-likeness (QED) is 0.628. The van der Waals surface area contributed by atoms with Gasteiger partial charge in [-0.05, 0) is 30.3 Å². The molecule has 158 valence electrons. The minimum atomic E-state index is -1.10. The summed E-state index contributed by atoms with van der Waals surface area (Å²) < 4.78 is 0. The number of hydrogen-bond acceptors (Lipinski definition) is 5. The molecule has 2 heterocycles. The SMILES string of the molecule is O=C(Nc1cnc(N2CCN(c3ccccc3)CC2)c(C(=O)O)c1)c1ccccc1Cl. The normalized spacial score (nSPS) is 13.7. The second-order valence-electron chi connectivity index (χ2n) is 7.14. The van der Waals surface area contributed by atoms with Crippen LogP contribution < -0.4 is 15.1 Å². The highest BCUT2D eigenvalue weighted by Gasteiger charge is 2.23. The average molecular weight is 437 g/mol. The van der Waals surface area contributed by atoms with Gasteiger partial charge < -0.3 is 20.2 Å². The van der Waals surface area contributed by atoms with Crippen LogP contribution in [0.15, 0.2) is 66.9 Å². The van der Waals surface area contributed by atoms with Gasteiger partial charge in [-0.1, -0.05) is 41.9 Å². The molecule has 0 unspecified atom stereocenters. The number of carbonyl (C=O) groups excluding carboxylic acids is 1. The maximum absolute atomic E-state index is 12.5. The molecule has 1 fully saturated rings. The van der Waals surface area contributed by atoms with Crippen molar-refractivity contribution >= 4 is 40.7 Å². The number of amides is 1. The Kier molecular flexibility index (Phi) is 6.04. The summed E-state index contributed by atoms with van der Waals surface area (Å²) in [6, 6.07) is 18.2. The molecule has 2 N–H and O–H groups in total. The van der Waals surface area contributed by atoms with Crippen molar-refractivity contribution in [3.8, 4) is 0 Å². The zero-order valence-electron chi connectivity index (χ0n) is 16.7. The van der Waals surface area contributed by atoms with Crippen molar-refractivity contribution < 1.29 is 14.7 Å². The first-order chi connectivity index (χ1) is 15.0. The molecule has 8 heteroatoms. The number of carboxylic acids is 1. The molecule has 31 heavy (non-hydrogen) atoms. The monoisotopic (exact) mass is 436 g/mol. The van der Waals surface area contributed by atoms with Crippen molar-refractivity contribution in [2.75, 3.05) is 41.3 Å². The van der Waals surface area contributed by atoms with Crippen LogP contribution >= 0.6 is 11.6 Å². The number of anilines is 3. The lowest BCUT2D eigenvalue weighted by Crippen LogP contribution is -2.47. The number of hydrogen-bond donors (Lipinski definition) is 2. The van der Waals surface area contributed by atoms with Crippen LogP contribution in [0, 0.1) is 0 Å². The van der Waals surface area contributed by atoms with Gasteiger partial charge in [0.05, 0.1) is 22.5 Å². The summed E-state index contributed by atoms with van der Waals surface area (Å²) in [4.78, 5) is 33.0. The number of para-hydroxylation sites is 1. The molecule has 0 radical (unpaired) electrons. The highest BCUT2D eigenvalue weighted by atomic mass is 35.5. The van der Waals surface area contributed by atoms with E-state index in [1.807, 2.05) is 23.1 Å². The van der Waals surface area contributed by atoms with Crippen LogP contribution in [0.3, 0.4) is 0 Å². The van der Waals surface area contributed by atoms with Gasteiger partial charge >= 0.3 is 5.97 Å². The molecular formula is C23H21ClN4O3. The van der Waals surface area contributed by atoms with Gasteiger partial charge in [-0.25, -0.2) is 9.78 Å². The predicted molar refractivity (Wildman–Crippen MR) is 121 cm³/mol. The summed E-state index contributed by atoms with van der Waals surface area (Å²) in [5, 5.41) is 12.7. The average Bonchev–Trinajstić information content (AvgIpc) is 2.80. The highest BCUT2D eigenvalue weighted by molar-refractivity contribution is 6.34. The summed E-state index contributed by atoms with van der Waals surface area (Å²) in [5.74, 6) is -1.12. The Morgan fingerprint density at radius 3 is 2.23 bits per heavy atom. The summed E-state index contributed by atoms with van der Waals surface area (Å²) in [6.07, 6.45) is 1.47. The number of nitrogens with one attached hydrogen (secondary N) is 1. The number of halogens is 1. The second-order valence-corrected chi connectivity index (χ2v) is 7.55. The van der Waals surface area contributed by atoms with Gasteiger partial charge in [0.2, 0.25) is 0 Å². The van der Waals surface area contributed by atoms with E-state index in [1.54, 1.807) is 24.3 Å². The van der Waals surface area contributed by atoms with E-state index in [2.05, 4.69) is 27.3 Å². The largest absolute Gasteiger partial charge is 0.478 e. The fourth-order valence-corrected chi connectivity index (χ4v) is 3.82. The molecule has 1 amide bonds. The first-order valence-corrected chi connectivity index (χ1v) is 10.2. The Bertz CT molecular complexity index is 1100. The van der Waals surface area contributed by atoms with Crippen LogP contribution in [0.1, 0.15) is 20.7 Å². The minimum absolute atomic E-state index is 0.0464. The fraction of sp³-hybridized carbons (Fsp3) is 0.174. The Balaban J connectivity index is 1.50. The first-order valence-electron chi connectivity index (χ1n) is 9.87. The maximum Gasteiger partial charge on any atom is 0.339 e. The van der Waals surface area contributed by atoms with Crippen molar-refractivity contribution in [3.05, 3.63) is 83.0 Å². The zero-order valence-corrected chi connectivity index (χ0v) is 17.4. The maximum atomic E-state index is 12.5. The van der Waals surface area contributed by atoms with Crippen molar-refractivity contribution in [1.29, 1.82) is 0 Å². The van der Waals surface area contributed by atoms with E-state index in [-0.39, 0.29) is 5.56 Å². The number of carboxylic acid groups (broad SMARTS) is 1. The molecular weight excluding hydrogens is 416 g/mol. The molecule has 1 aromatic heterocycles. The smallest absolute Gasteiger partial charge is 0.339 e. The van der Waals surface area contributed by atoms with E-state index in [0.717, 1.165) is 18.8 Å². The molecule has 0 atom stereocenters. The van der Waals surface area contributed by atoms with Crippen LogP contribution in [0.5, 0.6) is 0 Å². The van der Waals surface area contributed by atoms with Crippen molar-refractivity contribution in [2.24, 2.45) is 0 Å². The molecule has 2 aromatic carbocycles. The molecule has 1 aliphatic heterocycles. The third-order valence-electron chi connectivity index (χ3n) is 5.17. The Hall–Kier alpha value is -3.58. The first kappa shape index (κ1) is 20.7. The molecule has 0 aliphatic carbocycles. The lowest BCUT2D eigenvalue weighted by molar-refractivity contribution is 0.0696. The Labute approximate surface area is 184 Å². The van der Waals surface area contributed by atoms with Gasteiger partial charge in [0.25, 0.3) is 5.91 Å². The number of aromatic nitrogens is 1. The van der Waals surface area contributed by atoms with Gasteiger partial charge in [-0.15, -0.1) is 0 Å². The van der Waals surface area contributed by atoms with Crippen LogP contribution in [-0.2, 0) is 0 Å². The van der Waals surface area contributed by atoms with Crippen LogP contribution in [0.4, 0.5) is 17.2 Å². The topological polar surface area (TPSA) is 85.8 Å². The lowest BCUT2D eigenvalue weighted by atomic mass is 10.1. The van der Waals surface area contributed by atoms with Crippen molar-refractivity contribution in [1.82, 2.24) is 4.98 Å². The number of benzene rings is 2. The van der Waals surface area contributed by atoms with E-state index in [1.165, 1.54) is 12.3 Å². The molecule has 3 aromatic rings. The van der Waals surface area contributed by atoms with Crippen molar-refractivity contribution in [2.45, 2.75) is 0 Å². The number of aromatic carboxylic acids is 1. The van der Waals surface area contributed by atoms with Gasteiger partial charge in [0.1, 0.15) is 11.4 Å². The summed E-state index contributed by atoms with van der Waals surface area (Å²) in [5.41, 5.74) is 1.80. The van der Waals surface area contributed by atoms with Crippen LogP contribution in [0.2, 0.25) is 5.02 Å². The lowest BCUT2D eigenvalue weighted by Gasteiger charge is -2.37. The molecule has 0 bridgehead atoms. The number of rotatable bonds is 5. The van der Waals surface area contributed by atoms with Crippen LogP contribution in [0.25, 0.3) is 0 Å². The third kappa shape index (κ3) is 4.62. The van der Waals surface area contributed by atoms with Gasteiger partial charge in [-0.3, -0.25) is 4.79 Å². The number of nitrogens with zero attached hydrogens (tertiary/aromatic N) is 3. The summed E-state index contributed by atoms with van der Waals surface area (Å²) >= 11 is 6.07. The van der Waals surface area contributed by atoms with Crippen molar-refractivity contribution in [3.63, 3.8) is 0 Å². The van der Waals surface area contributed by atoms with E-state index < -0.39 is 11.9 Å². The fourth-order valence-electron chi connectivity index (χ4n) is 3.59. The third-order valence-corrected chi connectivity index (χ3v) is 5.50. The molecule has 0 saturated carbocycles. The molecule has 1 aliphatic rings.